The zero-order valence-electron chi connectivity index (χ0n) is 21.0. The zero-order chi connectivity index (χ0) is 27.9. The van der Waals surface area contributed by atoms with Gasteiger partial charge in [0, 0.05) is 40.4 Å². The van der Waals surface area contributed by atoms with Crippen LogP contribution in [0.15, 0.2) is 76.4 Å². The first-order valence-corrected chi connectivity index (χ1v) is 14.7. The second kappa shape index (κ2) is 11.4. The molecule has 1 aromatic heterocycles. The number of benzene rings is 3. The Morgan fingerprint density at radius 1 is 1.10 bits per heavy atom. The molecule has 3 unspecified atom stereocenters. The van der Waals surface area contributed by atoms with Gasteiger partial charge in [0.2, 0.25) is 0 Å². The smallest absolute Gasteiger partial charge is 0.252 e. The van der Waals surface area contributed by atoms with Crippen LogP contribution in [-0.2, 0) is 16.3 Å². The molecule has 6 nitrogen and oxygen atoms in total. The van der Waals surface area contributed by atoms with Crippen LogP contribution in [0.3, 0.4) is 0 Å². The molecule has 3 aromatic carbocycles. The molecular weight excluding hydrogens is 558 g/mol. The van der Waals surface area contributed by atoms with E-state index < -0.39 is 38.5 Å². The number of rotatable bonds is 6. The SMILES string of the molecule is C.CS(=O)(=O)c1ccc2[nH]c(=O)c(C(c3cccc(Cl)c3)C3(O)CCNC(Cc4ccc(F)cc4F)C3)cc2c1. The van der Waals surface area contributed by atoms with E-state index in [1.54, 1.807) is 30.3 Å². The molecular formula is C30H31ClF2N2O4S. The van der Waals surface area contributed by atoms with Crippen molar-refractivity contribution in [3.8, 4) is 0 Å². The Morgan fingerprint density at radius 2 is 1.88 bits per heavy atom. The van der Waals surface area contributed by atoms with Crippen LogP contribution in [0.5, 0.6) is 0 Å². The summed E-state index contributed by atoms with van der Waals surface area (Å²) in [4.78, 5) is 16.4. The minimum atomic E-state index is -3.49. The summed E-state index contributed by atoms with van der Waals surface area (Å²) in [6.07, 6.45) is 1.77. The molecule has 4 aromatic rings. The summed E-state index contributed by atoms with van der Waals surface area (Å²) in [7, 11) is -3.49. The van der Waals surface area contributed by atoms with Crippen molar-refractivity contribution in [1.82, 2.24) is 10.3 Å². The van der Waals surface area contributed by atoms with Gasteiger partial charge >= 0.3 is 0 Å². The molecule has 5 rings (SSSR count). The molecule has 1 aliphatic heterocycles. The largest absolute Gasteiger partial charge is 0.389 e. The fourth-order valence-corrected chi connectivity index (χ4v) is 6.42. The van der Waals surface area contributed by atoms with Gasteiger partial charge in [-0.15, -0.1) is 0 Å². The summed E-state index contributed by atoms with van der Waals surface area (Å²) >= 11 is 6.31. The monoisotopic (exact) mass is 588 g/mol. The number of fused-ring (bicyclic) bond motifs is 1. The number of sulfone groups is 1. The Hall–Kier alpha value is -3.11. The third-order valence-electron chi connectivity index (χ3n) is 7.38. The van der Waals surface area contributed by atoms with E-state index in [0.717, 1.165) is 12.3 Å². The highest BCUT2D eigenvalue weighted by atomic mass is 35.5. The number of pyridine rings is 1. The fourth-order valence-electron chi connectivity index (χ4n) is 5.56. The van der Waals surface area contributed by atoms with Crippen molar-refractivity contribution in [1.29, 1.82) is 0 Å². The van der Waals surface area contributed by atoms with Crippen LogP contribution in [0.4, 0.5) is 8.78 Å². The molecule has 10 heteroatoms. The first-order chi connectivity index (χ1) is 18.4. The fraction of sp³-hybridized carbons (Fsp3) is 0.300. The van der Waals surface area contributed by atoms with Crippen LogP contribution >= 0.6 is 11.6 Å². The Labute approximate surface area is 236 Å². The molecule has 0 radical (unpaired) electrons. The maximum Gasteiger partial charge on any atom is 0.252 e. The van der Waals surface area contributed by atoms with Gasteiger partial charge in [-0.1, -0.05) is 37.2 Å². The Balaban J connectivity index is 0.00000370. The van der Waals surface area contributed by atoms with Crippen molar-refractivity contribution in [3.63, 3.8) is 0 Å². The summed E-state index contributed by atoms with van der Waals surface area (Å²) in [5.74, 6) is -2.15. The number of piperidine rings is 1. The molecule has 0 saturated carbocycles. The maximum atomic E-state index is 14.4. The third-order valence-corrected chi connectivity index (χ3v) is 8.72. The topological polar surface area (TPSA) is 99.3 Å². The van der Waals surface area contributed by atoms with Crippen LogP contribution in [0.2, 0.25) is 5.02 Å². The Morgan fingerprint density at radius 3 is 2.58 bits per heavy atom. The number of H-pyrrole nitrogens is 1. The van der Waals surface area contributed by atoms with Crippen LogP contribution in [0, 0.1) is 11.6 Å². The molecule has 3 atom stereocenters. The summed E-state index contributed by atoms with van der Waals surface area (Å²) in [5.41, 5.74) is -0.217. The lowest BCUT2D eigenvalue weighted by atomic mass is 9.70. The summed E-state index contributed by atoms with van der Waals surface area (Å²) < 4.78 is 52.2. The highest BCUT2D eigenvalue weighted by molar-refractivity contribution is 7.90. The lowest BCUT2D eigenvalue weighted by Crippen LogP contribution is -2.52. The van der Waals surface area contributed by atoms with E-state index in [9.17, 15) is 27.1 Å². The van der Waals surface area contributed by atoms with Gasteiger partial charge in [-0.3, -0.25) is 4.79 Å². The minimum absolute atomic E-state index is 0. The first kappa shape index (κ1) is 29.9. The van der Waals surface area contributed by atoms with Crippen LogP contribution in [-0.4, -0.2) is 43.0 Å². The van der Waals surface area contributed by atoms with Crippen LogP contribution < -0.4 is 10.9 Å². The molecule has 0 aliphatic carbocycles. The van der Waals surface area contributed by atoms with Crippen molar-refractivity contribution in [3.05, 3.63) is 110 Å². The number of hydrogen-bond acceptors (Lipinski definition) is 5. The van der Waals surface area contributed by atoms with E-state index in [-0.39, 0.29) is 43.2 Å². The second-order valence-electron chi connectivity index (χ2n) is 10.2. The molecule has 3 N–H and O–H groups in total. The lowest BCUT2D eigenvalue weighted by Gasteiger charge is -2.43. The molecule has 2 heterocycles. The highest BCUT2D eigenvalue weighted by Gasteiger charge is 2.44. The van der Waals surface area contributed by atoms with Gasteiger partial charge < -0.3 is 15.4 Å². The van der Waals surface area contributed by atoms with Gasteiger partial charge in [0.15, 0.2) is 9.84 Å². The number of nitrogens with one attached hydrogen (secondary N) is 2. The van der Waals surface area contributed by atoms with Crippen LogP contribution in [0.25, 0.3) is 10.9 Å². The molecule has 0 amide bonds. The average molecular weight is 589 g/mol. The standard InChI is InChI=1S/C29H27ClF2N2O4S.CH4/c1-39(37,38)23-7-8-26-19(13-23)14-24(28(35)34-26)27(18-3-2-4-20(30)11-18)29(36)9-10-33-22(16-29)12-17-5-6-21(31)15-25(17)32;/h2-8,11,13-15,22,27,33,36H,9-10,12,16H2,1H3,(H,34,35);1H4. The van der Waals surface area contributed by atoms with Crippen molar-refractivity contribution in [2.75, 3.05) is 12.8 Å². The van der Waals surface area contributed by atoms with E-state index in [4.69, 9.17) is 11.6 Å². The normalized spacial score (nSPS) is 20.2. The predicted molar refractivity (Wildman–Crippen MR) is 154 cm³/mol. The van der Waals surface area contributed by atoms with Gasteiger partial charge in [0.1, 0.15) is 11.6 Å². The first-order valence-electron chi connectivity index (χ1n) is 12.5. The number of halogens is 3. The van der Waals surface area contributed by atoms with Crippen molar-refractivity contribution in [2.24, 2.45) is 0 Å². The van der Waals surface area contributed by atoms with E-state index in [2.05, 4.69) is 10.3 Å². The molecule has 1 saturated heterocycles. The molecule has 0 bridgehead atoms. The van der Waals surface area contributed by atoms with Crippen molar-refractivity contribution >= 4 is 32.3 Å². The summed E-state index contributed by atoms with van der Waals surface area (Å²) in [6.45, 7) is 0.394. The average Bonchev–Trinajstić information content (AvgIpc) is 2.85. The Bertz CT molecular complexity index is 1730. The van der Waals surface area contributed by atoms with Gasteiger partial charge in [0.25, 0.3) is 5.56 Å². The molecule has 1 fully saturated rings. The predicted octanol–water partition coefficient (Wildman–Crippen LogP) is 5.36. The van der Waals surface area contributed by atoms with E-state index >= 15 is 0 Å². The number of aromatic nitrogens is 1. The van der Waals surface area contributed by atoms with Crippen molar-refractivity contribution < 1.29 is 22.3 Å². The summed E-state index contributed by atoms with van der Waals surface area (Å²) in [5, 5.41) is 16.4. The maximum absolute atomic E-state index is 14.4. The molecule has 0 spiro atoms. The van der Waals surface area contributed by atoms with E-state index in [1.165, 1.54) is 30.3 Å². The number of hydrogen-bond donors (Lipinski definition) is 3. The van der Waals surface area contributed by atoms with Gasteiger partial charge in [0.05, 0.1) is 10.5 Å². The minimum Gasteiger partial charge on any atom is -0.389 e. The van der Waals surface area contributed by atoms with Crippen LogP contribution in [0.1, 0.15) is 42.9 Å². The third kappa shape index (κ3) is 6.12. The number of aliphatic hydroxyl groups is 1. The van der Waals surface area contributed by atoms with E-state index in [1.807, 2.05) is 0 Å². The molecule has 1 aliphatic rings. The second-order valence-corrected chi connectivity index (χ2v) is 12.7. The molecule has 212 valence electrons. The summed E-state index contributed by atoms with van der Waals surface area (Å²) in [6, 6.07) is 16.0. The highest BCUT2D eigenvalue weighted by Crippen LogP contribution is 2.42. The number of aromatic amines is 1. The molecule has 40 heavy (non-hydrogen) atoms. The lowest BCUT2D eigenvalue weighted by molar-refractivity contribution is -0.0189. The van der Waals surface area contributed by atoms with Gasteiger partial charge in [-0.25, -0.2) is 17.2 Å². The zero-order valence-corrected chi connectivity index (χ0v) is 22.6. The van der Waals surface area contributed by atoms with Crippen molar-refractivity contribution in [2.45, 2.75) is 49.1 Å². The quantitative estimate of drug-likeness (QED) is 0.282. The van der Waals surface area contributed by atoms with Gasteiger partial charge in [-0.2, -0.15) is 0 Å². The van der Waals surface area contributed by atoms with Gasteiger partial charge in [-0.05, 0) is 84.8 Å². The Kier molecular flexibility index (Phi) is 8.52. The van der Waals surface area contributed by atoms with E-state index in [0.29, 0.717) is 33.6 Å².